The first-order valence-electron chi connectivity index (χ1n) is 10.2. The number of carbonyl (C=O) groups excluding carboxylic acids is 3. The minimum atomic E-state index is -0.475. The number of carbonyl (C=O) groups is 3. The predicted molar refractivity (Wildman–Crippen MR) is 112 cm³/mol. The van der Waals surface area contributed by atoms with Crippen molar-refractivity contribution in [1.29, 1.82) is 0 Å². The zero-order chi connectivity index (χ0) is 21.5. The van der Waals surface area contributed by atoms with E-state index in [9.17, 15) is 18.8 Å². The molecule has 0 aliphatic carbocycles. The van der Waals surface area contributed by atoms with Crippen molar-refractivity contribution < 1.29 is 18.8 Å². The molecule has 1 atom stereocenters. The fraction of sp³-hybridized carbons (Fsp3) is 0.348. The van der Waals surface area contributed by atoms with Crippen molar-refractivity contribution in [3.8, 4) is 0 Å². The van der Waals surface area contributed by atoms with E-state index < -0.39 is 5.92 Å². The molecule has 1 aliphatic heterocycles. The van der Waals surface area contributed by atoms with Crippen LogP contribution >= 0.6 is 0 Å². The van der Waals surface area contributed by atoms with Crippen LogP contribution in [-0.4, -0.2) is 42.3 Å². The third-order valence-corrected chi connectivity index (χ3v) is 5.13. The number of nitrogens with one attached hydrogen (secondary N) is 2. The number of halogens is 1. The maximum absolute atomic E-state index is 13.0. The highest BCUT2D eigenvalue weighted by atomic mass is 19.1. The number of anilines is 1. The van der Waals surface area contributed by atoms with Crippen LogP contribution in [0.3, 0.4) is 0 Å². The molecule has 2 N–H and O–H groups in total. The maximum Gasteiger partial charge on any atom is 0.253 e. The lowest BCUT2D eigenvalue weighted by Crippen LogP contribution is -2.30. The van der Waals surface area contributed by atoms with Gasteiger partial charge in [-0.25, -0.2) is 4.39 Å². The van der Waals surface area contributed by atoms with Crippen LogP contribution in [0.25, 0.3) is 0 Å². The molecule has 0 aromatic heterocycles. The molecule has 0 bridgehead atoms. The van der Waals surface area contributed by atoms with Crippen LogP contribution in [0.5, 0.6) is 0 Å². The van der Waals surface area contributed by atoms with Gasteiger partial charge in [-0.05, 0) is 42.7 Å². The van der Waals surface area contributed by atoms with Crippen LogP contribution in [-0.2, 0) is 16.0 Å². The number of para-hydroxylation sites is 1. The fourth-order valence-electron chi connectivity index (χ4n) is 3.44. The standard InChI is InChI=1S/C23H26FN3O3/c1-2-12-25-23(30)19-5-3-4-6-20(19)26-22(29)17-14-21(28)27(15-17)13-11-16-7-9-18(24)10-8-16/h3-10,17H,2,11-15H2,1H3,(H,25,30)(H,26,29)/t17-/m0/s1. The van der Waals surface area contributed by atoms with Gasteiger partial charge in [-0.15, -0.1) is 0 Å². The molecule has 3 amide bonds. The van der Waals surface area contributed by atoms with Gasteiger partial charge in [0.15, 0.2) is 0 Å². The van der Waals surface area contributed by atoms with Gasteiger partial charge in [0.25, 0.3) is 5.91 Å². The van der Waals surface area contributed by atoms with E-state index in [1.807, 2.05) is 6.92 Å². The Balaban J connectivity index is 1.58. The van der Waals surface area contributed by atoms with Crippen molar-refractivity contribution >= 4 is 23.4 Å². The molecule has 30 heavy (non-hydrogen) atoms. The van der Waals surface area contributed by atoms with Crippen LogP contribution in [0.15, 0.2) is 48.5 Å². The Kier molecular flexibility index (Phi) is 7.17. The lowest BCUT2D eigenvalue weighted by atomic mass is 10.1. The number of rotatable bonds is 8. The van der Waals surface area contributed by atoms with Gasteiger partial charge in [-0.2, -0.15) is 0 Å². The number of hydrogen-bond donors (Lipinski definition) is 2. The summed E-state index contributed by atoms with van der Waals surface area (Å²) in [6.45, 7) is 3.33. The lowest BCUT2D eigenvalue weighted by molar-refractivity contribution is -0.128. The summed E-state index contributed by atoms with van der Waals surface area (Å²) in [7, 11) is 0. The third-order valence-electron chi connectivity index (χ3n) is 5.13. The summed E-state index contributed by atoms with van der Waals surface area (Å²) >= 11 is 0. The van der Waals surface area contributed by atoms with Crippen molar-refractivity contribution in [3.05, 3.63) is 65.5 Å². The van der Waals surface area contributed by atoms with Crippen LogP contribution in [0.4, 0.5) is 10.1 Å². The quantitative estimate of drug-likeness (QED) is 0.701. The summed E-state index contributed by atoms with van der Waals surface area (Å²) in [5.41, 5.74) is 1.77. The van der Waals surface area contributed by atoms with Crippen molar-refractivity contribution in [1.82, 2.24) is 10.2 Å². The SMILES string of the molecule is CCCNC(=O)c1ccccc1NC(=O)[C@H]1CC(=O)N(CCc2ccc(F)cc2)C1. The van der Waals surface area contributed by atoms with Crippen molar-refractivity contribution in [2.75, 3.05) is 25.0 Å². The maximum atomic E-state index is 13.0. The Hall–Kier alpha value is -3.22. The molecular formula is C23H26FN3O3. The van der Waals surface area contributed by atoms with Gasteiger partial charge >= 0.3 is 0 Å². The molecule has 7 heteroatoms. The highest BCUT2D eigenvalue weighted by Crippen LogP contribution is 2.22. The van der Waals surface area contributed by atoms with E-state index in [4.69, 9.17) is 0 Å². The third kappa shape index (κ3) is 5.43. The molecule has 1 aliphatic rings. The van der Waals surface area contributed by atoms with Crippen LogP contribution in [0.1, 0.15) is 35.7 Å². The van der Waals surface area contributed by atoms with E-state index in [0.717, 1.165) is 12.0 Å². The summed E-state index contributed by atoms with van der Waals surface area (Å²) in [5, 5.41) is 5.62. The van der Waals surface area contributed by atoms with Gasteiger partial charge < -0.3 is 15.5 Å². The molecule has 2 aromatic rings. The number of nitrogens with zero attached hydrogens (tertiary/aromatic N) is 1. The van der Waals surface area contributed by atoms with Crippen molar-refractivity contribution in [2.45, 2.75) is 26.2 Å². The molecule has 1 saturated heterocycles. The topological polar surface area (TPSA) is 78.5 Å². The Morgan fingerprint density at radius 2 is 1.87 bits per heavy atom. The lowest BCUT2D eigenvalue weighted by Gasteiger charge is -2.17. The molecular weight excluding hydrogens is 385 g/mol. The molecule has 1 heterocycles. The average Bonchev–Trinajstić information content (AvgIpc) is 3.12. The first-order chi connectivity index (χ1) is 14.5. The van der Waals surface area contributed by atoms with E-state index >= 15 is 0 Å². The van der Waals surface area contributed by atoms with Gasteiger partial charge in [0, 0.05) is 26.1 Å². The van der Waals surface area contributed by atoms with E-state index in [-0.39, 0.29) is 30.0 Å². The summed E-state index contributed by atoms with van der Waals surface area (Å²) in [5.74, 6) is -1.36. The number of hydrogen-bond acceptors (Lipinski definition) is 3. The van der Waals surface area contributed by atoms with Crippen LogP contribution in [0, 0.1) is 11.7 Å². The molecule has 0 unspecified atom stereocenters. The van der Waals surface area contributed by atoms with Gasteiger partial charge in [-0.1, -0.05) is 31.2 Å². The zero-order valence-electron chi connectivity index (χ0n) is 17.0. The number of benzene rings is 2. The Morgan fingerprint density at radius 3 is 2.60 bits per heavy atom. The fourth-order valence-corrected chi connectivity index (χ4v) is 3.44. The molecule has 0 radical (unpaired) electrons. The second kappa shape index (κ2) is 10.0. The Bertz CT molecular complexity index is 914. The summed E-state index contributed by atoms with van der Waals surface area (Å²) < 4.78 is 13.0. The molecule has 3 rings (SSSR count). The molecule has 2 aromatic carbocycles. The number of likely N-dealkylation sites (tertiary alicyclic amines) is 1. The highest BCUT2D eigenvalue weighted by molar-refractivity contribution is 6.05. The Morgan fingerprint density at radius 1 is 1.13 bits per heavy atom. The molecule has 0 spiro atoms. The van der Waals surface area contributed by atoms with E-state index in [0.29, 0.717) is 37.3 Å². The smallest absolute Gasteiger partial charge is 0.253 e. The average molecular weight is 411 g/mol. The summed E-state index contributed by atoms with van der Waals surface area (Å²) in [4.78, 5) is 39.1. The molecule has 0 saturated carbocycles. The minimum absolute atomic E-state index is 0.0776. The largest absolute Gasteiger partial charge is 0.352 e. The zero-order valence-corrected chi connectivity index (χ0v) is 17.0. The minimum Gasteiger partial charge on any atom is -0.352 e. The van der Waals surface area contributed by atoms with Gasteiger partial charge in [0.1, 0.15) is 5.82 Å². The second-order valence-electron chi connectivity index (χ2n) is 7.41. The first-order valence-corrected chi connectivity index (χ1v) is 10.2. The molecule has 1 fully saturated rings. The van der Waals surface area contributed by atoms with Crippen molar-refractivity contribution in [3.63, 3.8) is 0 Å². The number of amides is 3. The normalized spacial score (nSPS) is 15.9. The summed E-state index contributed by atoms with van der Waals surface area (Å²) in [6.07, 6.45) is 1.55. The van der Waals surface area contributed by atoms with Crippen LogP contribution < -0.4 is 10.6 Å². The molecule has 158 valence electrons. The first kappa shape index (κ1) is 21.5. The van der Waals surface area contributed by atoms with Gasteiger partial charge in [0.2, 0.25) is 11.8 Å². The van der Waals surface area contributed by atoms with Gasteiger partial charge in [0.05, 0.1) is 17.2 Å². The van der Waals surface area contributed by atoms with E-state index in [1.54, 1.807) is 41.3 Å². The van der Waals surface area contributed by atoms with Crippen molar-refractivity contribution in [2.24, 2.45) is 5.92 Å². The second-order valence-corrected chi connectivity index (χ2v) is 7.41. The monoisotopic (exact) mass is 411 g/mol. The van der Waals surface area contributed by atoms with E-state index in [2.05, 4.69) is 10.6 Å². The van der Waals surface area contributed by atoms with Gasteiger partial charge in [-0.3, -0.25) is 14.4 Å². The predicted octanol–water partition coefficient (Wildman–Crippen LogP) is 3.00. The summed E-state index contributed by atoms with van der Waals surface area (Å²) in [6, 6.07) is 13.0. The van der Waals surface area contributed by atoms with E-state index in [1.165, 1.54) is 12.1 Å². The van der Waals surface area contributed by atoms with Crippen LogP contribution in [0.2, 0.25) is 0 Å². The highest BCUT2D eigenvalue weighted by Gasteiger charge is 2.34. The Labute approximate surface area is 175 Å². The molecule has 6 nitrogen and oxygen atoms in total.